The second kappa shape index (κ2) is 12.6. The van der Waals surface area contributed by atoms with Crippen LogP contribution in [0, 0.1) is 31.0 Å². The van der Waals surface area contributed by atoms with Crippen molar-refractivity contribution in [2.24, 2.45) is 4.99 Å². The normalized spacial score (nSPS) is 20.9. The standard InChI is InChI=1S/C36H36ClF2N7O2/c1-19-12-22-15-41-16-27(22)30(20(19)2)31-29(37)14-26-33(32(31)39)43-35(48-18-25-6-5-10-44(25)4)28-17-42-46(34(26)28)24-8-11-45(36(47)21(3)38)23(13-24)7-9-40/h12,14,16-17,23-25H,3,5-8,10-11,13,15,18H2,1-2,4H3/t23-,24+,25?/m1/s1. The van der Waals surface area contributed by atoms with E-state index in [0.717, 1.165) is 41.6 Å². The number of pyridine rings is 1. The Balaban J connectivity index is 1.40. The van der Waals surface area contributed by atoms with E-state index < -0.39 is 23.6 Å². The van der Waals surface area contributed by atoms with Gasteiger partial charge in [-0.3, -0.25) is 14.5 Å². The number of likely N-dealkylation sites (N-methyl/N-ethyl adjacent to an activating group) is 1. The smallest absolute Gasteiger partial charge is 0.282 e. The van der Waals surface area contributed by atoms with Crippen molar-refractivity contribution >= 4 is 45.5 Å². The Morgan fingerprint density at radius 1 is 1.19 bits per heavy atom. The predicted octanol–water partition coefficient (Wildman–Crippen LogP) is 7.00. The number of amides is 1. The number of hydrogen-bond donors (Lipinski definition) is 0. The Morgan fingerprint density at radius 2 is 2.00 bits per heavy atom. The number of aromatic nitrogens is 3. The van der Waals surface area contributed by atoms with Gasteiger partial charge >= 0.3 is 0 Å². The van der Waals surface area contributed by atoms with Crippen LogP contribution in [0.4, 0.5) is 8.78 Å². The number of nitrogens with zero attached hydrogens (tertiary/aromatic N) is 7. The summed E-state index contributed by atoms with van der Waals surface area (Å²) >= 11 is 7.02. The summed E-state index contributed by atoms with van der Waals surface area (Å²) < 4.78 is 39.2. The van der Waals surface area contributed by atoms with Crippen molar-refractivity contribution in [2.45, 2.75) is 70.6 Å². The summed E-state index contributed by atoms with van der Waals surface area (Å²) in [5.41, 5.74) is 5.48. The molecule has 3 aliphatic rings. The van der Waals surface area contributed by atoms with Crippen LogP contribution >= 0.6 is 11.6 Å². The molecule has 0 spiro atoms. The molecule has 1 unspecified atom stereocenters. The summed E-state index contributed by atoms with van der Waals surface area (Å²) in [4.78, 5) is 25.5. The highest BCUT2D eigenvalue weighted by atomic mass is 35.5. The summed E-state index contributed by atoms with van der Waals surface area (Å²) in [5, 5.41) is 15.6. The van der Waals surface area contributed by atoms with Crippen LogP contribution in [0.5, 0.6) is 5.88 Å². The van der Waals surface area contributed by atoms with Gasteiger partial charge in [-0.05, 0) is 81.4 Å². The molecule has 2 aromatic carbocycles. The third kappa shape index (κ3) is 5.31. The minimum absolute atomic E-state index is 0.0214. The van der Waals surface area contributed by atoms with E-state index in [1.54, 1.807) is 18.5 Å². The first-order valence-electron chi connectivity index (χ1n) is 16.3. The fraction of sp³-hybridized carbons (Fsp3) is 0.417. The van der Waals surface area contributed by atoms with Gasteiger partial charge < -0.3 is 14.5 Å². The van der Waals surface area contributed by atoms with Crippen molar-refractivity contribution in [1.82, 2.24) is 24.6 Å². The van der Waals surface area contributed by atoms with Crippen LogP contribution < -0.4 is 4.74 Å². The average Bonchev–Trinajstić information content (AvgIpc) is 3.82. The van der Waals surface area contributed by atoms with E-state index in [1.165, 1.54) is 4.90 Å². The van der Waals surface area contributed by atoms with Crippen LogP contribution in [0.1, 0.15) is 60.4 Å². The predicted molar refractivity (Wildman–Crippen MR) is 182 cm³/mol. The highest BCUT2D eigenvalue weighted by Gasteiger charge is 2.35. The van der Waals surface area contributed by atoms with E-state index in [2.05, 4.69) is 35.7 Å². The molecule has 4 aromatic rings. The number of halogens is 3. The fourth-order valence-electron chi connectivity index (χ4n) is 7.65. The molecule has 1 amide bonds. The maximum atomic E-state index is 17.2. The van der Waals surface area contributed by atoms with Crippen molar-refractivity contribution in [3.63, 3.8) is 0 Å². The van der Waals surface area contributed by atoms with Gasteiger partial charge in [0.15, 0.2) is 11.6 Å². The fourth-order valence-corrected chi connectivity index (χ4v) is 7.93. The van der Waals surface area contributed by atoms with E-state index in [-0.39, 0.29) is 47.0 Å². The molecule has 12 heteroatoms. The minimum atomic E-state index is -1.06. The molecule has 2 saturated heterocycles. The number of benzene rings is 2. The van der Waals surface area contributed by atoms with E-state index in [1.807, 2.05) is 18.5 Å². The molecule has 7 rings (SSSR count). The largest absolute Gasteiger partial charge is 0.475 e. The van der Waals surface area contributed by atoms with Crippen molar-refractivity contribution in [3.05, 3.63) is 63.8 Å². The molecule has 0 saturated carbocycles. The number of carbonyl (C=O) groups excluding carboxylic acids is 1. The maximum absolute atomic E-state index is 17.2. The van der Waals surface area contributed by atoms with Crippen LogP contribution in [-0.2, 0) is 11.3 Å². The molecule has 0 aliphatic carbocycles. The third-order valence-electron chi connectivity index (χ3n) is 10.3. The number of fused-ring (bicyclic) bond motifs is 4. The van der Waals surface area contributed by atoms with Crippen molar-refractivity contribution in [1.29, 1.82) is 5.26 Å². The van der Waals surface area contributed by atoms with Gasteiger partial charge in [0, 0.05) is 41.4 Å². The zero-order valence-electron chi connectivity index (χ0n) is 27.2. The van der Waals surface area contributed by atoms with Crippen LogP contribution in [0.15, 0.2) is 35.7 Å². The van der Waals surface area contributed by atoms with E-state index >= 15 is 4.39 Å². The molecule has 5 heterocycles. The molecule has 0 N–H and O–H groups in total. The van der Waals surface area contributed by atoms with E-state index in [9.17, 15) is 14.4 Å². The number of carbonyl (C=O) groups is 1. The van der Waals surface area contributed by atoms with Gasteiger partial charge in [0.2, 0.25) is 5.88 Å². The highest BCUT2D eigenvalue weighted by molar-refractivity contribution is 6.35. The van der Waals surface area contributed by atoms with Crippen molar-refractivity contribution in [2.75, 3.05) is 26.7 Å². The molecule has 3 atom stereocenters. The Morgan fingerprint density at radius 3 is 2.73 bits per heavy atom. The number of nitriles is 1. The van der Waals surface area contributed by atoms with Gasteiger partial charge in [0.25, 0.3) is 5.91 Å². The maximum Gasteiger partial charge on any atom is 0.282 e. The lowest BCUT2D eigenvalue weighted by molar-refractivity contribution is -0.132. The topological polar surface area (TPSA) is 99.6 Å². The van der Waals surface area contributed by atoms with Crippen LogP contribution in [0.3, 0.4) is 0 Å². The first-order chi connectivity index (χ1) is 23.1. The van der Waals surface area contributed by atoms with Gasteiger partial charge in [0.1, 0.15) is 12.1 Å². The van der Waals surface area contributed by atoms with E-state index in [0.29, 0.717) is 47.8 Å². The lowest BCUT2D eigenvalue weighted by atomic mass is 9.88. The lowest BCUT2D eigenvalue weighted by Gasteiger charge is -2.38. The zero-order chi connectivity index (χ0) is 33.9. The molecule has 248 valence electrons. The number of hydrogen-bond acceptors (Lipinski definition) is 7. The van der Waals surface area contributed by atoms with Gasteiger partial charge in [-0.1, -0.05) is 24.2 Å². The number of likely N-dealkylation sites (tertiary alicyclic amines) is 2. The van der Waals surface area contributed by atoms with Crippen LogP contribution in [0.25, 0.3) is 32.9 Å². The number of aliphatic imine (C=N–C) groups is 1. The van der Waals surface area contributed by atoms with Gasteiger partial charge in [-0.2, -0.15) is 10.4 Å². The Labute approximate surface area is 282 Å². The third-order valence-corrected chi connectivity index (χ3v) is 10.6. The molecule has 9 nitrogen and oxygen atoms in total. The number of aryl methyl sites for hydroxylation is 1. The molecule has 48 heavy (non-hydrogen) atoms. The molecule has 2 aromatic heterocycles. The first kappa shape index (κ1) is 32.2. The average molecular weight is 672 g/mol. The Hall–Kier alpha value is -4.40. The van der Waals surface area contributed by atoms with E-state index in [4.69, 9.17) is 26.4 Å². The minimum Gasteiger partial charge on any atom is -0.475 e. The summed E-state index contributed by atoms with van der Waals surface area (Å²) in [6.07, 6.45) is 6.32. The molecule has 0 radical (unpaired) electrons. The van der Waals surface area contributed by atoms with Crippen molar-refractivity contribution < 1.29 is 18.3 Å². The summed E-state index contributed by atoms with van der Waals surface area (Å²) in [6, 6.07) is 5.33. The summed E-state index contributed by atoms with van der Waals surface area (Å²) in [5.74, 6) is -2.16. The number of rotatable bonds is 7. The number of ether oxygens (including phenoxy) is 1. The monoisotopic (exact) mass is 671 g/mol. The van der Waals surface area contributed by atoms with Crippen LogP contribution in [-0.4, -0.2) is 75.5 Å². The van der Waals surface area contributed by atoms with Gasteiger partial charge in [-0.15, -0.1) is 0 Å². The highest BCUT2D eigenvalue weighted by Crippen LogP contribution is 2.44. The lowest BCUT2D eigenvalue weighted by Crippen LogP contribution is -2.46. The molecular weight excluding hydrogens is 636 g/mol. The first-order valence-corrected chi connectivity index (χ1v) is 16.6. The zero-order valence-corrected chi connectivity index (χ0v) is 27.9. The molecule has 2 fully saturated rings. The number of piperidine rings is 1. The SMILES string of the molecule is C=C(F)C(=O)N1CC[C@H](n2ncc3c(OCC4CCCN4C)nc4c(F)c(-c5c(C)c(C)cc6c5C=NC6)c(Cl)cc4c32)C[C@H]1CC#N. The molecule has 3 aliphatic heterocycles. The van der Waals surface area contributed by atoms with Gasteiger partial charge in [0.05, 0.1) is 47.2 Å². The summed E-state index contributed by atoms with van der Waals surface area (Å²) in [7, 11) is 2.06. The van der Waals surface area contributed by atoms with Gasteiger partial charge in [-0.25, -0.2) is 13.8 Å². The second-order valence-corrected chi connectivity index (χ2v) is 13.5. The van der Waals surface area contributed by atoms with Crippen molar-refractivity contribution in [3.8, 4) is 23.1 Å². The quantitative estimate of drug-likeness (QED) is 0.196. The Bertz CT molecular complexity index is 2070. The molecule has 0 bridgehead atoms. The Kier molecular flexibility index (Phi) is 8.42. The second-order valence-electron chi connectivity index (χ2n) is 13.1. The summed E-state index contributed by atoms with van der Waals surface area (Å²) in [6.45, 7) is 9.22. The van der Waals surface area contributed by atoms with Crippen LogP contribution in [0.2, 0.25) is 5.02 Å². The molecular formula is C36H36ClF2N7O2.